The molecule has 0 aliphatic heterocycles. The van der Waals surface area contributed by atoms with Crippen molar-refractivity contribution in [2.45, 2.75) is 6.92 Å². The van der Waals surface area contributed by atoms with Gasteiger partial charge in [-0.1, -0.05) is 72.3 Å². The second-order valence-corrected chi connectivity index (χ2v) is 10.7. The number of aryl methyl sites for hydroxylation is 1. The zero-order valence-electron chi connectivity index (χ0n) is 21.9. The quantitative estimate of drug-likeness (QED) is 0.226. The summed E-state index contributed by atoms with van der Waals surface area (Å²) in [6.45, 7) is 2.17. The number of hydrogen-bond donors (Lipinski definition) is 0. The Hall–Kier alpha value is -5.28. The predicted molar refractivity (Wildman–Crippen MR) is 167 cm³/mol. The summed E-state index contributed by atoms with van der Waals surface area (Å²) in [6.07, 6.45) is 0. The molecule has 9 aromatic rings. The fraction of sp³-hybridized carbons (Fsp3) is 0.0270. The summed E-state index contributed by atoms with van der Waals surface area (Å²) in [5.41, 5.74) is 10.2. The van der Waals surface area contributed by atoms with E-state index >= 15 is 0 Å². The van der Waals surface area contributed by atoms with Gasteiger partial charge in [0.2, 0.25) is 0 Å². The lowest BCUT2D eigenvalue weighted by molar-refractivity contribution is 0.669. The van der Waals surface area contributed by atoms with E-state index < -0.39 is 0 Å². The first-order valence-corrected chi connectivity index (χ1v) is 13.7. The Morgan fingerprint density at radius 2 is 1.02 bits per heavy atom. The first-order valence-electron chi connectivity index (χ1n) is 13.7. The molecule has 9 rings (SSSR count). The third kappa shape index (κ3) is 2.84. The maximum absolute atomic E-state index is 6.29. The van der Waals surface area contributed by atoms with Crippen molar-refractivity contribution < 1.29 is 4.42 Å². The van der Waals surface area contributed by atoms with Crippen molar-refractivity contribution in [2.24, 2.45) is 0 Å². The number of benzene rings is 6. The van der Waals surface area contributed by atoms with Crippen molar-refractivity contribution in [3.05, 3.63) is 133 Å². The monoisotopic (exact) mass is 512 g/mol. The minimum Gasteiger partial charge on any atom is -0.456 e. The molecule has 188 valence electrons. The largest absolute Gasteiger partial charge is 0.456 e. The second-order valence-electron chi connectivity index (χ2n) is 10.7. The van der Waals surface area contributed by atoms with Crippen LogP contribution in [-0.4, -0.2) is 9.13 Å². The van der Waals surface area contributed by atoms with E-state index in [0.717, 1.165) is 27.9 Å². The zero-order chi connectivity index (χ0) is 26.4. The molecule has 0 saturated carbocycles. The SMILES string of the molecule is Cc1ccc2c(c1)c1c3c(ccc1n2-c1cccc(-n2c4ccccc4c4ccccc42)c1)oc1ccccc13. The van der Waals surface area contributed by atoms with Crippen LogP contribution in [0.3, 0.4) is 0 Å². The van der Waals surface area contributed by atoms with Gasteiger partial charge < -0.3 is 13.6 Å². The van der Waals surface area contributed by atoms with Gasteiger partial charge in [-0.25, -0.2) is 0 Å². The molecule has 0 bridgehead atoms. The molecule has 0 atom stereocenters. The highest BCUT2D eigenvalue weighted by Crippen LogP contribution is 2.42. The van der Waals surface area contributed by atoms with E-state index in [9.17, 15) is 0 Å². The minimum atomic E-state index is 0.923. The summed E-state index contributed by atoms with van der Waals surface area (Å²) in [4.78, 5) is 0. The number of furan rings is 1. The molecule has 0 aliphatic rings. The van der Waals surface area contributed by atoms with Crippen LogP contribution >= 0.6 is 0 Å². The number of rotatable bonds is 2. The van der Waals surface area contributed by atoms with Crippen LogP contribution in [0.4, 0.5) is 0 Å². The number of aromatic nitrogens is 2. The maximum Gasteiger partial charge on any atom is 0.136 e. The van der Waals surface area contributed by atoms with Gasteiger partial charge in [-0.2, -0.15) is 0 Å². The van der Waals surface area contributed by atoms with Crippen LogP contribution in [-0.2, 0) is 0 Å². The van der Waals surface area contributed by atoms with E-state index in [-0.39, 0.29) is 0 Å². The number of para-hydroxylation sites is 3. The molecule has 0 aliphatic carbocycles. The molecule has 0 spiro atoms. The Kier molecular flexibility index (Phi) is 4.26. The molecule has 0 amide bonds. The summed E-state index contributed by atoms with van der Waals surface area (Å²) in [7, 11) is 0. The third-order valence-corrected chi connectivity index (χ3v) is 8.35. The molecule has 40 heavy (non-hydrogen) atoms. The molecule has 6 aromatic carbocycles. The summed E-state index contributed by atoms with van der Waals surface area (Å²) in [5, 5.41) is 7.36. The highest BCUT2D eigenvalue weighted by molar-refractivity contribution is 6.27. The van der Waals surface area contributed by atoms with Gasteiger partial charge >= 0.3 is 0 Å². The number of hydrogen-bond acceptors (Lipinski definition) is 1. The predicted octanol–water partition coefficient (Wildman–Crippen LogP) is 10.1. The van der Waals surface area contributed by atoms with Crippen molar-refractivity contribution in [1.29, 1.82) is 0 Å². The van der Waals surface area contributed by atoms with Crippen LogP contribution in [0.2, 0.25) is 0 Å². The standard InChI is InChI=1S/C37H24N2O/c1-23-17-18-32-29(21-23)36-33(19-20-35-37(36)28-13-4-7-16-34(28)40-35)39(32)25-10-8-9-24(22-25)38-30-14-5-2-11-26(30)27-12-3-6-15-31(27)38/h2-22H,1H3. The molecule has 0 saturated heterocycles. The summed E-state index contributed by atoms with van der Waals surface area (Å²) in [5.74, 6) is 0. The molecule has 3 heteroatoms. The van der Waals surface area contributed by atoms with E-state index in [1.165, 1.54) is 54.6 Å². The van der Waals surface area contributed by atoms with Crippen LogP contribution in [0.5, 0.6) is 0 Å². The Morgan fingerprint density at radius 1 is 0.425 bits per heavy atom. The van der Waals surface area contributed by atoms with Crippen molar-refractivity contribution >= 4 is 65.6 Å². The lowest BCUT2D eigenvalue weighted by atomic mass is 10.0. The van der Waals surface area contributed by atoms with Gasteiger partial charge in [0.25, 0.3) is 0 Å². The van der Waals surface area contributed by atoms with Crippen molar-refractivity contribution in [3.8, 4) is 11.4 Å². The molecular formula is C37H24N2O. The van der Waals surface area contributed by atoms with Crippen LogP contribution < -0.4 is 0 Å². The van der Waals surface area contributed by atoms with E-state index in [2.05, 4.69) is 137 Å². The zero-order valence-corrected chi connectivity index (χ0v) is 21.9. The molecule has 0 N–H and O–H groups in total. The average molecular weight is 513 g/mol. The van der Waals surface area contributed by atoms with E-state index in [1.807, 2.05) is 6.07 Å². The van der Waals surface area contributed by atoms with Crippen molar-refractivity contribution in [2.75, 3.05) is 0 Å². The van der Waals surface area contributed by atoms with Gasteiger partial charge in [0.1, 0.15) is 11.2 Å². The molecule has 0 radical (unpaired) electrons. The fourth-order valence-electron chi connectivity index (χ4n) is 6.69. The Morgan fingerprint density at radius 3 is 1.77 bits per heavy atom. The van der Waals surface area contributed by atoms with E-state index in [1.54, 1.807) is 0 Å². The fourth-order valence-corrected chi connectivity index (χ4v) is 6.69. The summed E-state index contributed by atoms with van der Waals surface area (Å²) >= 11 is 0. The molecule has 0 unspecified atom stereocenters. The molecule has 3 nitrogen and oxygen atoms in total. The Labute approximate surface area is 230 Å². The van der Waals surface area contributed by atoms with Gasteiger partial charge in [0.05, 0.1) is 22.1 Å². The highest BCUT2D eigenvalue weighted by Gasteiger charge is 2.19. The van der Waals surface area contributed by atoms with Crippen LogP contribution in [0.1, 0.15) is 5.56 Å². The number of fused-ring (bicyclic) bond motifs is 10. The third-order valence-electron chi connectivity index (χ3n) is 8.35. The Balaban J connectivity index is 1.39. The normalized spacial score (nSPS) is 12.1. The Bertz CT molecular complexity index is 2400. The molecule has 3 heterocycles. The topological polar surface area (TPSA) is 23.0 Å². The highest BCUT2D eigenvalue weighted by atomic mass is 16.3. The van der Waals surface area contributed by atoms with Crippen molar-refractivity contribution in [3.63, 3.8) is 0 Å². The van der Waals surface area contributed by atoms with Gasteiger partial charge in [-0.05, 0) is 67.6 Å². The lowest BCUT2D eigenvalue weighted by Gasteiger charge is -2.13. The van der Waals surface area contributed by atoms with Crippen molar-refractivity contribution in [1.82, 2.24) is 9.13 Å². The van der Waals surface area contributed by atoms with Crippen LogP contribution in [0.15, 0.2) is 132 Å². The van der Waals surface area contributed by atoms with Gasteiger partial charge in [-0.3, -0.25) is 0 Å². The van der Waals surface area contributed by atoms with Gasteiger partial charge in [0, 0.05) is 43.7 Å². The molecule has 3 aromatic heterocycles. The first kappa shape index (κ1) is 21.6. The van der Waals surface area contributed by atoms with E-state index in [4.69, 9.17) is 4.42 Å². The maximum atomic E-state index is 6.29. The minimum absolute atomic E-state index is 0.923. The second kappa shape index (κ2) is 7.87. The van der Waals surface area contributed by atoms with Crippen LogP contribution in [0, 0.1) is 6.92 Å². The van der Waals surface area contributed by atoms with E-state index in [0.29, 0.717) is 0 Å². The molecule has 0 fully saturated rings. The summed E-state index contributed by atoms with van der Waals surface area (Å²) in [6, 6.07) is 45.7. The smallest absolute Gasteiger partial charge is 0.136 e. The van der Waals surface area contributed by atoms with Gasteiger partial charge in [-0.15, -0.1) is 0 Å². The van der Waals surface area contributed by atoms with Gasteiger partial charge in [0.15, 0.2) is 0 Å². The number of nitrogens with zero attached hydrogens (tertiary/aromatic N) is 2. The average Bonchev–Trinajstić information content (AvgIpc) is 3.64. The molecular weight excluding hydrogens is 488 g/mol. The lowest BCUT2D eigenvalue weighted by Crippen LogP contribution is -1.98. The first-order chi connectivity index (χ1) is 19.8. The summed E-state index contributed by atoms with van der Waals surface area (Å²) < 4.78 is 11.1. The van der Waals surface area contributed by atoms with Crippen LogP contribution in [0.25, 0.3) is 76.9 Å².